The highest BCUT2D eigenvalue weighted by atomic mass is 16.5. The van der Waals surface area contributed by atoms with Gasteiger partial charge in [-0.1, -0.05) is 39.8 Å². The minimum atomic E-state index is 0.0919. The van der Waals surface area contributed by atoms with Crippen LogP contribution in [0.1, 0.15) is 44.7 Å². The van der Waals surface area contributed by atoms with Gasteiger partial charge in [0.2, 0.25) is 6.08 Å². The van der Waals surface area contributed by atoms with Gasteiger partial charge in [0.05, 0.1) is 13.7 Å². The Labute approximate surface area is 109 Å². The van der Waals surface area contributed by atoms with Crippen molar-refractivity contribution < 1.29 is 9.53 Å². The van der Waals surface area contributed by atoms with Crippen LogP contribution in [0.5, 0.6) is 5.75 Å². The highest BCUT2D eigenvalue weighted by Gasteiger charge is 2.18. The third-order valence-electron chi connectivity index (χ3n) is 3.06. The SMILES string of the molecule is COc1ccc(C(C)(C)C)cc1C(C)CN=C=O. The van der Waals surface area contributed by atoms with Crippen molar-refractivity contribution in [2.45, 2.75) is 39.0 Å². The molecule has 1 aromatic rings. The molecule has 0 aliphatic rings. The number of benzene rings is 1. The standard InChI is InChI=1S/C15H21NO2/c1-11(9-16-10-17)13-8-12(15(2,3)4)6-7-14(13)18-5/h6-8,11H,9H2,1-5H3. The monoisotopic (exact) mass is 247 g/mol. The van der Waals surface area contributed by atoms with Crippen molar-refractivity contribution in [1.29, 1.82) is 0 Å². The predicted octanol–water partition coefficient (Wildman–Crippen LogP) is 3.43. The van der Waals surface area contributed by atoms with E-state index < -0.39 is 0 Å². The van der Waals surface area contributed by atoms with Crippen LogP contribution in [0.3, 0.4) is 0 Å². The van der Waals surface area contributed by atoms with Crippen molar-refractivity contribution in [3.63, 3.8) is 0 Å². The molecule has 0 radical (unpaired) electrons. The molecule has 0 spiro atoms. The molecule has 0 saturated carbocycles. The first-order valence-corrected chi connectivity index (χ1v) is 6.12. The number of ether oxygens (including phenoxy) is 1. The molecule has 0 heterocycles. The third-order valence-corrected chi connectivity index (χ3v) is 3.06. The van der Waals surface area contributed by atoms with Gasteiger partial charge in [-0.25, -0.2) is 9.79 Å². The van der Waals surface area contributed by atoms with Gasteiger partial charge in [-0.2, -0.15) is 0 Å². The molecular formula is C15H21NO2. The molecular weight excluding hydrogens is 226 g/mol. The molecule has 1 unspecified atom stereocenters. The maximum atomic E-state index is 10.2. The molecule has 98 valence electrons. The Balaban J connectivity index is 3.17. The summed E-state index contributed by atoms with van der Waals surface area (Å²) >= 11 is 0. The summed E-state index contributed by atoms with van der Waals surface area (Å²) in [5.74, 6) is 0.986. The number of hydrogen-bond donors (Lipinski definition) is 0. The quantitative estimate of drug-likeness (QED) is 0.604. The van der Waals surface area contributed by atoms with Crippen LogP contribution in [-0.4, -0.2) is 19.7 Å². The maximum Gasteiger partial charge on any atom is 0.234 e. The molecule has 18 heavy (non-hydrogen) atoms. The van der Waals surface area contributed by atoms with Crippen LogP contribution in [0.4, 0.5) is 0 Å². The van der Waals surface area contributed by atoms with Crippen molar-refractivity contribution in [1.82, 2.24) is 0 Å². The second-order valence-electron chi connectivity index (χ2n) is 5.54. The van der Waals surface area contributed by atoms with E-state index >= 15 is 0 Å². The van der Waals surface area contributed by atoms with Crippen LogP contribution in [0.2, 0.25) is 0 Å². The Morgan fingerprint density at radius 3 is 2.56 bits per heavy atom. The molecule has 0 aromatic heterocycles. The van der Waals surface area contributed by atoms with Crippen molar-refractivity contribution in [3.8, 4) is 5.75 Å². The zero-order valence-corrected chi connectivity index (χ0v) is 11.8. The van der Waals surface area contributed by atoms with E-state index in [-0.39, 0.29) is 11.3 Å². The Morgan fingerprint density at radius 2 is 2.06 bits per heavy atom. The first kappa shape index (κ1) is 14.5. The van der Waals surface area contributed by atoms with Gasteiger partial charge < -0.3 is 4.74 Å². The fourth-order valence-electron chi connectivity index (χ4n) is 1.86. The fourth-order valence-corrected chi connectivity index (χ4v) is 1.86. The number of carbonyl (C=O) groups excluding carboxylic acids is 1. The number of rotatable bonds is 4. The largest absolute Gasteiger partial charge is 0.496 e. The van der Waals surface area contributed by atoms with Gasteiger partial charge in [-0.15, -0.1) is 0 Å². The van der Waals surface area contributed by atoms with Crippen LogP contribution in [-0.2, 0) is 10.2 Å². The van der Waals surface area contributed by atoms with Crippen molar-refractivity contribution in [2.75, 3.05) is 13.7 Å². The average Bonchev–Trinajstić information content (AvgIpc) is 2.34. The minimum Gasteiger partial charge on any atom is -0.496 e. The molecule has 0 amide bonds. The number of nitrogens with zero attached hydrogens (tertiary/aromatic N) is 1. The smallest absolute Gasteiger partial charge is 0.234 e. The molecule has 3 nitrogen and oxygen atoms in total. The van der Waals surface area contributed by atoms with Gasteiger partial charge in [0.15, 0.2) is 0 Å². The summed E-state index contributed by atoms with van der Waals surface area (Å²) in [6, 6.07) is 6.21. The van der Waals surface area contributed by atoms with E-state index in [1.54, 1.807) is 13.2 Å². The lowest BCUT2D eigenvalue weighted by atomic mass is 9.84. The molecule has 1 atom stereocenters. The highest BCUT2D eigenvalue weighted by molar-refractivity contribution is 5.42. The summed E-state index contributed by atoms with van der Waals surface area (Å²) in [6.45, 7) is 8.99. The number of hydrogen-bond acceptors (Lipinski definition) is 3. The summed E-state index contributed by atoms with van der Waals surface area (Å²) in [5.41, 5.74) is 2.43. The van der Waals surface area contributed by atoms with Crippen LogP contribution < -0.4 is 4.74 Å². The summed E-state index contributed by atoms with van der Waals surface area (Å²) < 4.78 is 5.37. The zero-order chi connectivity index (χ0) is 13.8. The Kier molecular flexibility index (Phi) is 4.69. The molecule has 0 bridgehead atoms. The van der Waals surface area contributed by atoms with E-state index in [1.807, 2.05) is 13.0 Å². The predicted molar refractivity (Wildman–Crippen MR) is 73.1 cm³/mol. The third kappa shape index (κ3) is 3.44. The Hall–Kier alpha value is -1.60. The first-order valence-electron chi connectivity index (χ1n) is 6.12. The fraction of sp³-hybridized carbons (Fsp3) is 0.533. The topological polar surface area (TPSA) is 38.7 Å². The lowest BCUT2D eigenvalue weighted by Gasteiger charge is -2.22. The van der Waals surface area contributed by atoms with Gasteiger partial charge in [0.1, 0.15) is 5.75 Å². The average molecular weight is 247 g/mol. The molecule has 1 aromatic carbocycles. The minimum absolute atomic E-state index is 0.0919. The molecule has 3 heteroatoms. The normalized spacial score (nSPS) is 12.7. The molecule has 0 aliphatic carbocycles. The summed E-state index contributed by atoms with van der Waals surface area (Å²) in [5, 5.41) is 0. The van der Waals surface area contributed by atoms with Gasteiger partial charge >= 0.3 is 0 Å². The second kappa shape index (κ2) is 5.83. The molecule has 1 rings (SSSR count). The van der Waals surface area contributed by atoms with Crippen LogP contribution in [0.15, 0.2) is 23.2 Å². The number of methoxy groups -OCH3 is 1. The number of aliphatic imine (C=N–C) groups is 1. The first-order chi connectivity index (χ1) is 8.40. The van der Waals surface area contributed by atoms with E-state index in [1.165, 1.54) is 5.56 Å². The molecule has 0 saturated heterocycles. The second-order valence-corrected chi connectivity index (χ2v) is 5.54. The van der Waals surface area contributed by atoms with Gasteiger partial charge in [-0.3, -0.25) is 0 Å². The van der Waals surface area contributed by atoms with Gasteiger partial charge in [0.25, 0.3) is 0 Å². The van der Waals surface area contributed by atoms with Crippen LogP contribution >= 0.6 is 0 Å². The van der Waals surface area contributed by atoms with Crippen LogP contribution in [0.25, 0.3) is 0 Å². The van der Waals surface area contributed by atoms with E-state index in [4.69, 9.17) is 4.74 Å². The summed E-state index contributed by atoms with van der Waals surface area (Å²) in [7, 11) is 1.66. The summed E-state index contributed by atoms with van der Waals surface area (Å²) in [6.07, 6.45) is 1.58. The maximum absolute atomic E-state index is 10.2. The van der Waals surface area contributed by atoms with Crippen molar-refractivity contribution in [2.24, 2.45) is 4.99 Å². The molecule has 0 aliphatic heterocycles. The van der Waals surface area contributed by atoms with E-state index in [0.717, 1.165) is 11.3 Å². The van der Waals surface area contributed by atoms with E-state index in [2.05, 4.69) is 37.9 Å². The van der Waals surface area contributed by atoms with Crippen LogP contribution in [0, 0.1) is 0 Å². The lowest BCUT2D eigenvalue weighted by molar-refractivity contribution is 0.406. The van der Waals surface area contributed by atoms with E-state index in [0.29, 0.717) is 6.54 Å². The van der Waals surface area contributed by atoms with E-state index in [9.17, 15) is 4.79 Å². The van der Waals surface area contributed by atoms with Crippen molar-refractivity contribution in [3.05, 3.63) is 29.3 Å². The Bertz CT molecular complexity index is 454. The lowest BCUT2D eigenvalue weighted by Crippen LogP contribution is -2.12. The molecule has 0 N–H and O–H groups in total. The van der Waals surface area contributed by atoms with Gasteiger partial charge in [0, 0.05) is 5.92 Å². The number of isocyanates is 1. The van der Waals surface area contributed by atoms with Gasteiger partial charge in [-0.05, 0) is 22.6 Å². The highest BCUT2D eigenvalue weighted by Crippen LogP contribution is 2.32. The molecule has 0 fully saturated rings. The Morgan fingerprint density at radius 1 is 1.39 bits per heavy atom. The zero-order valence-electron chi connectivity index (χ0n) is 11.8. The van der Waals surface area contributed by atoms with Crippen molar-refractivity contribution >= 4 is 6.08 Å². The summed E-state index contributed by atoms with van der Waals surface area (Å²) in [4.78, 5) is 13.9.